The summed E-state index contributed by atoms with van der Waals surface area (Å²) in [5.41, 5.74) is 3.98. The first kappa shape index (κ1) is 11.3. The minimum absolute atomic E-state index is 0.410. The molecule has 1 aromatic heterocycles. The van der Waals surface area contributed by atoms with Gasteiger partial charge in [-0.25, -0.2) is 4.98 Å². The minimum atomic E-state index is 0.410. The van der Waals surface area contributed by atoms with Crippen molar-refractivity contribution in [3.8, 4) is 0 Å². The Morgan fingerprint density at radius 3 is 3.06 bits per heavy atom. The average molecular weight is 241 g/mol. The molecule has 1 aliphatic rings. The van der Waals surface area contributed by atoms with Crippen LogP contribution in [-0.4, -0.2) is 9.55 Å². The van der Waals surface area contributed by atoms with E-state index < -0.39 is 0 Å². The second-order valence-electron chi connectivity index (χ2n) is 4.93. The van der Waals surface area contributed by atoms with Gasteiger partial charge in [0.25, 0.3) is 0 Å². The zero-order chi connectivity index (χ0) is 12.5. The lowest BCUT2D eigenvalue weighted by atomic mass is 10.1. The van der Waals surface area contributed by atoms with E-state index in [1.165, 1.54) is 17.5 Å². The Balaban J connectivity index is 1.86. The average Bonchev–Trinajstić information content (AvgIpc) is 2.94. The molecular weight excluding hydrogens is 222 g/mol. The Morgan fingerprint density at radius 2 is 2.22 bits per heavy atom. The molecule has 18 heavy (non-hydrogen) atoms. The number of hydrogen-bond acceptors (Lipinski definition) is 2. The molecule has 0 radical (unpaired) electrons. The van der Waals surface area contributed by atoms with Crippen LogP contribution >= 0.6 is 0 Å². The summed E-state index contributed by atoms with van der Waals surface area (Å²) in [5, 5.41) is 3.59. The topological polar surface area (TPSA) is 29.9 Å². The van der Waals surface area contributed by atoms with Gasteiger partial charge in [0, 0.05) is 12.7 Å². The number of imidazole rings is 1. The molecule has 0 saturated heterocycles. The number of aryl methyl sites for hydroxylation is 3. The number of aromatic nitrogens is 2. The van der Waals surface area contributed by atoms with Crippen LogP contribution in [0.3, 0.4) is 0 Å². The highest BCUT2D eigenvalue weighted by Crippen LogP contribution is 2.33. The smallest absolute Gasteiger partial charge is 0.203 e. The lowest BCUT2D eigenvalue weighted by Crippen LogP contribution is -2.11. The molecular formula is C15H19N3. The summed E-state index contributed by atoms with van der Waals surface area (Å²) in [6.07, 6.45) is 4.43. The summed E-state index contributed by atoms with van der Waals surface area (Å²) >= 11 is 0. The van der Waals surface area contributed by atoms with Crippen LogP contribution in [0.5, 0.6) is 0 Å². The zero-order valence-corrected chi connectivity index (χ0v) is 11.0. The van der Waals surface area contributed by atoms with Crippen LogP contribution in [0.25, 0.3) is 0 Å². The van der Waals surface area contributed by atoms with E-state index in [4.69, 9.17) is 0 Å². The van der Waals surface area contributed by atoms with Crippen molar-refractivity contribution in [3.63, 3.8) is 0 Å². The van der Waals surface area contributed by atoms with E-state index in [1.54, 1.807) is 0 Å². The van der Waals surface area contributed by atoms with Crippen molar-refractivity contribution < 1.29 is 0 Å². The van der Waals surface area contributed by atoms with Crippen molar-refractivity contribution in [1.82, 2.24) is 9.55 Å². The van der Waals surface area contributed by atoms with Gasteiger partial charge < -0.3 is 9.88 Å². The molecule has 0 amide bonds. The van der Waals surface area contributed by atoms with E-state index in [1.807, 2.05) is 6.92 Å². The molecule has 3 nitrogen and oxygen atoms in total. The van der Waals surface area contributed by atoms with Gasteiger partial charge in [-0.2, -0.15) is 0 Å². The van der Waals surface area contributed by atoms with Crippen LogP contribution in [0.15, 0.2) is 30.5 Å². The monoisotopic (exact) mass is 241 g/mol. The quantitative estimate of drug-likeness (QED) is 0.893. The van der Waals surface area contributed by atoms with Crippen molar-refractivity contribution in [2.24, 2.45) is 0 Å². The molecule has 0 saturated carbocycles. The highest BCUT2D eigenvalue weighted by Gasteiger charge is 2.22. The third-order valence-corrected chi connectivity index (χ3v) is 3.67. The highest BCUT2D eigenvalue weighted by molar-refractivity contribution is 5.41. The van der Waals surface area contributed by atoms with Crippen LogP contribution in [-0.2, 0) is 13.0 Å². The summed E-state index contributed by atoms with van der Waals surface area (Å²) in [7, 11) is 0. The van der Waals surface area contributed by atoms with E-state index in [0.29, 0.717) is 6.04 Å². The SMILES string of the molecule is CCn1cc(C)nc1NC1CCc2ccccc21. The Morgan fingerprint density at radius 1 is 1.39 bits per heavy atom. The molecule has 0 aliphatic heterocycles. The highest BCUT2D eigenvalue weighted by atomic mass is 15.2. The summed E-state index contributed by atoms with van der Waals surface area (Å²) in [5.74, 6) is 0.997. The second kappa shape index (κ2) is 4.48. The molecule has 1 aliphatic carbocycles. The molecule has 2 aromatic rings. The number of anilines is 1. The van der Waals surface area contributed by atoms with Gasteiger partial charge in [0.1, 0.15) is 0 Å². The molecule has 3 heteroatoms. The largest absolute Gasteiger partial charge is 0.349 e. The van der Waals surface area contributed by atoms with Gasteiger partial charge in [0.2, 0.25) is 5.95 Å². The zero-order valence-electron chi connectivity index (χ0n) is 11.0. The third kappa shape index (κ3) is 1.90. The number of hydrogen-bond donors (Lipinski definition) is 1. The van der Waals surface area contributed by atoms with Gasteiger partial charge >= 0.3 is 0 Å². The second-order valence-corrected chi connectivity index (χ2v) is 4.93. The van der Waals surface area contributed by atoms with Crippen molar-refractivity contribution in [2.75, 3.05) is 5.32 Å². The Kier molecular flexibility index (Phi) is 2.82. The lowest BCUT2D eigenvalue weighted by molar-refractivity contribution is 0.711. The minimum Gasteiger partial charge on any atom is -0.349 e. The Bertz CT molecular complexity index is 557. The molecule has 94 valence electrons. The molecule has 0 fully saturated rings. The number of nitrogens with zero attached hydrogens (tertiary/aromatic N) is 2. The summed E-state index contributed by atoms with van der Waals surface area (Å²) in [4.78, 5) is 4.57. The van der Waals surface area contributed by atoms with Crippen LogP contribution in [0.4, 0.5) is 5.95 Å². The van der Waals surface area contributed by atoms with Crippen molar-refractivity contribution >= 4 is 5.95 Å². The number of rotatable bonds is 3. The van der Waals surface area contributed by atoms with Crippen LogP contribution in [0.2, 0.25) is 0 Å². The van der Waals surface area contributed by atoms with Crippen LogP contribution in [0.1, 0.15) is 36.2 Å². The standard InChI is InChI=1S/C15H19N3/c1-3-18-10-11(2)16-15(18)17-14-9-8-12-6-4-5-7-13(12)14/h4-7,10,14H,3,8-9H2,1-2H3,(H,16,17). The molecule has 1 atom stereocenters. The fourth-order valence-electron chi connectivity index (χ4n) is 2.77. The fraction of sp³-hybridized carbons (Fsp3) is 0.400. The molecule has 1 heterocycles. The summed E-state index contributed by atoms with van der Waals surface area (Å²) < 4.78 is 2.18. The van der Waals surface area contributed by atoms with E-state index in [-0.39, 0.29) is 0 Å². The first-order chi connectivity index (χ1) is 8.78. The van der Waals surface area contributed by atoms with Gasteiger partial charge in [-0.15, -0.1) is 0 Å². The van der Waals surface area contributed by atoms with E-state index in [0.717, 1.165) is 24.6 Å². The summed E-state index contributed by atoms with van der Waals surface area (Å²) in [6, 6.07) is 9.11. The molecule has 1 aromatic carbocycles. The number of nitrogens with one attached hydrogen (secondary N) is 1. The van der Waals surface area contributed by atoms with Crippen LogP contribution < -0.4 is 5.32 Å². The van der Waals surface area contributed by atoms with Gasteiger partial charge in [0.15, 0.2) is 0 Å². The predicted octanol–water partition coefficient (Wildman–Crippen LogP) is 3.31. The Hall–Kier alpha value is -1.77. The molecule has 0 spiro atoms. The predicted molar refractivity (Wildman–Crippen MR) is 73.8 cm³/mol. The normalized spacial score (nSPS) is 17.8. The first-order valence-corrected chi connectivity index (χ1v) is 6.66. The third-order valence-electron chi connectivity index (χ3n) is 3.67. The molecule has 1 N–H and O–H groups in total. The van der Waals surface area contributed by atoms with E-state index in [2.05, 4.69) is 52.3 Å². The van der Waals surface area contributed by atoms with Crippen LogP contribution in [0, 0.1) is 6.92 Å². The first-order valence-electron chi connectivity index (χ1n) is 6.66. The molecule has 0 bridgehead atoms. The Labute approximate surface area is 108 Å². The molecule has 1 unspecified atom stereocenters. The van der Waals surface area contributed by atoms with Gasteiger partial charge in [-0.1, -0.05) is 24.3 Å². The van der Waals surface area contributed by atoms with E-state index in [9.17, 15) is 0 Å². The van der Waals surface area contributed by atoms with E-state index >= 15 is 0 Å². The van der Waals surface area contributed by atoms with Gasteiger partial charge in [-0.05, 0) is 37.8 Å². The van der Waals surface area contributed by atoms with Gasteiger partial charge in [-0.3, -0.25) is 0 Å². The molecule has 3 rings (SSSR count). The number of fused-ring (bicyclic) bond motifs is 1. The van der Waals surface area contributed by atoms with Crippen molar-refractivity contribution in [1.29, 1.82) is 0 Å². The maximum atomic E-state index is 4.57. The van der Waals surface area contributed by atoms with Crippen molar-refractivity contribution in [2.45, 2.75) is 39.3 Å². The maximum absolute atomic E-state index is 4.57. The lowest BCUT2D eigenvalue weighted by Gasteiger charge is -2.15. The number of benzene rings is 1. The fourth-order valence-corrected chi connectivity index (χ4v) is 2.77. The van der Waals surface area contributed by atoms with Crippen molar-refractivity contribution in [3.05, 3.63) is 47.3 Å². The van der Waals surface area contributed by atoms with Gasteiger partial charge in [0.05, 0.1) is 11.7 Å². The maximum Gasteiger partial charge on any atom is 0.203 e. The summed E-state index contributed by atoms with van der Waals surface area (Å²) in [6.45, 7) is 5.15.